The summed E-state index contributed by atoms with van der Waals surface area (Å²) in [5, 5.41) is 7.98. The minimum absolute atomic E-state index is 0. The third kappa shape index (κ3) is 3.22. The van der Waals surface area contributed by atoms with Crippen molar-refractivity contribution >= 4 is 39.9 Å². The van der Waals surface area contributed by atoms with Crippen molar-refractivity contribution < 1.29 is 21.4 Å². The predicted molar refractivity (Wildman–Crippen MR) is 93.8 cm³/mol. The molecule has 0 unspecified atom stereocenters. The van der Waals surface area contributed by atoms with Gasteiger partial charge in [-0.15, -0.1) is 5.10 Å². The molecule has 0 amide bonds. The van der Waals surface area contributed by atoms with Crippen LogP contribution in [0.25, 0.3) is 11.4 Å². The van der Waals surface area contributed by atoms with Crippen molar-refractivity contribution in [1.29, 1.82) is 0 Å². The summed E-state index contributed by atoms with van der Waals surface area (Å²) in [7, 11) is 0. The molecule has 4 rings (SSSR count). The van der Waals surface area contributed by atoms with Gasteiger partial charge in [0.15, 0.2) is 5.17 Å². The average molecular weight is 424 g/mol. The van der Waals surface area contributed by atoms with Crippen LogP contribution in [0, 0.1) is 5.82 Å². The first kappa shape index (κ1) is 17.1. The van der Waals surface area contributed by atoms with E-state index in [9.17, 15) is 4.39 Å². The highest BCUT2D eigenvalue weighted by Crippen LogP contribution is 2.36. The zero-order valence-corrected chi connectivity index (χ0v) is 15.4. The minimum atomic E-state index is -0.257. The number of hydrazone groups is 1. The normalized spacial score (nSPS) is 15.6. The summed E-state index contributed by atoms with van der Waals surface area (Å²) in [6.45, 7) is 0. The minimum Gasteiger partial charge on any atom is -1.00 e. The van der Waals surface area contributed by atoms with Gasteiger partial charge in [0.05, 0.1) is 11.4 Å². The second-order valence-corrected chi connectivity index (χ2v) is 6.33. The maximum absolute atomic E-state index is 13.1. The van der Waals surface area contributed by atoms with Crippen LogP contribution in [0.4, 0.5) is 4.39 Å². The van der Waals surface area contributed by atoms with E-state index in [0.717, 1.165) is 27.7 Å². The standard InChI is InChI=1S/C17H11ClFN3S.BrH/c18-13-5-1-12(2-6-13)16-10-23-17-21-20-15(9-22(16)17)11-3-7-14(19)8-4-11;/h1-10,20H;1H/p-1. The number of rotatable bonds is 2. The number of amidine groups is 1. The first-order valence-electron chi connectivity index (χ1n) is 6.94. The lowest BCUT2D eigenvalue weighted by molar-refractivity contribution is -0.00000496. The van der Waals surface area contributed by atoms with Gasteiger partial charge in [-0.3, -0.25) is 10.3 Å². The van der Waals surface area contributed by atoms with E-state index in [1.54, 1.807) is 23.9 Å². The molecule has 2 aliphatic rings. The Hall–Kier alpha value is -1.76. The van der Waals surface area contributed by atoms with Crippen LogP contribution in [0.2, 0.25) is 5.02 Å². The Kier molecular flexibility index (Phi) is 4.99. The van der Waals surface area contributed by atoms with E-state index in [2.05, 4.69) is 10.5 Å². The Bertz CT molecular complexity index is 847. The van der Waals surface area contributed by atoms with Gasteiger partial charge in [-0.2, -0.15) is 0 Å². The molecule has 0 radical (unpaired) electrons. The molecule has 0 aliphatic carbocycles. The van der Waals surface area contributed by atoms with Crippen molar-refractivity contribution in [2.75, 3.05) is 0 Å². The fraction of sp³-hybridized carbons (Fsp3) is 0. The molecule has 0 fully saturated rings. The Morgan fingerprint density at radius 1 is 1.00 bits per heavy atom. The number of nitrogens with zero attached hydrogens (tertiary/aromatic N) is 2. The lowest BCUT2D eigenvalue weighted by Crippen LogP contribution is -3.00. The number of hydrogen-bond acceptors (Lipinski definition) is 4. The third-order valence-corrected chi connectivity index (χ3v) is 4.66. The number of nitrogens with one attached hydrogen (secondary N) is 1. The van der Waals surface area contributed by atoms with E-state index >= 15 is 0 Å². The monoisotopic (exact) mass is 422 g/mol. The molecule has 0 spiro atoms. The van der Waals surface area contributed by atoms with Crippen LogP contribution < -0.4 is 22.4 Å². The quantitative estimate of drug-likeness (QED) is 0.797. The highest BCUT2D eigenvalue weighted by atomic mass is 79.9. The van der Waals surface area contributed by atoms with Gasteiger partial charge in [0.1, 0.15) is 5.82 Å². The van der Waals surface area contributed by atoms with Gasteiger partial charge in [-0.05, 0) is 42.0 Å². The highest BCUT2D eigenvalue weighted by molar-refractivity contribution is 8.16. The van der Waals surface area contributed by atoms with E-state index in [1.807, 2.05) is 40.8 Å². The second kappa shape index (κ2) is 7.01. The van der Waals surface area contributed by atoms with Crippen LogP contribution in [0.1, 0.15) is 11.1 Å². The van der Waals surface area contributed by atoms with Crippen molar-refractivity contribution in [3.8, 4) is 0 Å². The summed E-state index contributed by atoms with van der Waals surface area (Å²) in [5.41, 5.74) is 6.80. The maximum Gasteiger partial charge on any atom is 0.196 e. The molecule has 2 aromatic carbocycles. The Labute approximate surface area is 158 Å². The summed E-state index contributed by atoms with van der Waals surface area (Å²) >= 11 is 7.50. The van der Waals surface area contributed by atoms with Crippen LogP contribution >= 0.6 is 23.4 Å². The molecular formula is C17H11BrClFN3S-. The number of benzene rings is 2. The molecular weight excluding hydrogens is 413 g/mol. The van der Waals surface area contributed by atoms with E-state index in [4.69, 9.17) is 11.6 Å². The maximum atomic E-state index is 13.1. The van der Waals surface area contributed by atoms with E-state index in [0.29, 0.717) is 5.02 Å². The molecule has 2 aliphatic heterocycles. The fourth-order valence-corrected chi connectivity index (χ4v) is 3.35. The summed E-state index contributed by atoms with van der Waals surface area (Å²) in [6, 6.07) is 14.0. The smallest absolute Gasteiger partial charge is 0.196 e. The molecule has 0 saturated heterocycles. The van der Waals surface area contributed by atoms with E-state index in [1.165, 1.54) is 12.1 Å². The average Bonchev–Trinajstić information content (AvgIpc) is 2.99. The molecule has 2 heterocycles. The molecule has 3 nitrogen and oxygen atoms in total. The predicted octanol–water partition coefficient (Wildman–Crippen LogP) is 1.70. The molecule has 2 aromatic rings. The van der Waals surface area contributed by atoms with Crippen LogP contribution in [0.3, 0.4) is 0 Å². The van der Waals surface area contributed by atoms with Gasteiger partial charge in [-0.1, -0.05) is 35.5 Å². The first-order chi connectivity index (χ1) is 11.2. The number of fused-ring (bicyclic) bond motifs is 1. The Morgan fingerprint density at radius 3 is 2.38 bits per heavy atom. The van der Waals surface area contributed by atoms with Crippen molar-refractivity contribution in [1.82, 2.24) is 10.3 Å². The second-order valence-electron chi connectivity index (χ2n) is 5.05. The zero-order chi connectivity index (χ0) is 15.8. The van der Waals surface area contributed by atoms with Gasteiger partial charge < -0.3 is 17.0 Å². The number of halogens is 3. The van der Waals surface area contributed by atoms with Crippen LogP contribution in [0.15, 0.2) is 65.2 Å². The van der Waals surface area contributed by atoms with E-state index < -0.39 is 0 Å². The largest absolute Gasteiger partial charge is 1.00 e. The van der Waals surface area contributed by atoms with Gasteiger partial charge in [0.25, 0.3) is 0 Å². The Morgan fingerprint density at radius 2 is 1.67 bits per heavy atom. The SMILES string of the molecule is Fc1ccc(C2=CN3C(c4ccc(Cl)cc4)=CSC3=NN2)cc1.[Br-]. The zero-order valence-electron chi connectivity index (χ0n) is 12.2. The van der Waals surface area contributed by atoms with Crippen LogP contribution in [0.5, 0.6) is 0 Å². The molecule has 0 saturated carbocycles. The molecule has 7 heteroatoms. The van der Waals surface area contributed by atoms with Crippen molar-refractivity contribution in [2.45, 2.75) is 0 Å². The van der Waals surface area contributed by atoms with Crippen molar-refractivity contribution in [3.05, 3.63) is 82.1 Å². The Balaban J connectivity index is 0.00000169. The summed E-state index contributed by atoms with van der Waals surface area (Å²) in [6.07, 6.45) is 1.97. The van der Waals surface area contributed by atoms with Crippen LogP contribution in [-0.4, -0.2) is 10.1 Å². The molecule has 24 heavy (non-hydrogen) atoms. The topological polar surface area (TPSA) is 27.6 Å². The van der Waals surface area contributed by atoms with Gasteiger partial charge >= 0.3 is 0 Å². The lowest BCUT2D eigenvalue weighted by Gasteiger charge is -2.24. The lowest BCUT2D eigenvalue weighted by atomic mass is 10.1. The summed E-state index contributed by atoms with van der Waals surface area (Å²) in [4.78, 5) is 2.02. The number of hydrogen-bond donors (Lipinski definition) is 1. The van der Waals surface area contributed by atoms with E-state index in [-0.39, 0.29) is 22.8 Å². The van der Waals surface area contributed by atoms with Gasteiger partial charge in [-0.25, -0.2) is 4.39 Å². The molecule has 0 atom stereocenters. The highest BCUT2D eigenvalue weighted by Gasteiger charge is 2.26. The molecule has 0 bridgehead atoms. The molecule has 122 valence electrons. The van der Waals surface area contributed by atoms with Crippen molar-refractivity contribution in [3.63, 3.8) is 0 Å². The molecule has 0 aromatic heterocycles. The summed E-state index contributed by atoms with van der Waals surface area (Å²) in [5.74, 6) is -0.257. The summed E-state index contributed by atoms with van der Waals surface area (Å²) < 4.78 is 13.1. The third-order valence-electron chi connectivity index (χ3n) is 3.57. The first-order valence-corrected chi connectivity index (χ1v) is 8.20. The molecule has 1 N–H and O–H groups in total. The van der Waals surface area contributed by atoms with Gasteiger partial charge in [0.2, 0.25) is 0 Å². The number of thioether (sulfide) groups is 1. The fourth-order valence-electron chi connectivity index (χ4n) is 2.39. The van der Waals surface area contributed by atoms with Crippen LogP contribution in [-0.2, 0) is 0 Å². The van der Waals surface area contributed by atoms with Gasteiger partial charge in [0, 0.05) is 22.2 Å². The van der Waals surface area contributed by atoms with Crippen molar-refractivity contribution in [2.24, 2.45) is 5.10 Å².